The minimum absolute atomic E-state index is 0. The maximum absolute atomic E-state index is 9.92. The highest BCUT2D eigenvalue weighted by Gasteiger charge is 2.15. The molecule has 0 spiro atoms. The van der Waals surface area contributed by atoms with E-state index in [0.29, 0.717) is 13.2 Å². The predicted molar refractivity (Wildman–Crippen MR) is 69.9 cm³/mol. The van der Waals surface area contributed by atoms with Crippen molar-refractivity contribution >= 4 is 0 Å². The molecule has 108 valence electrons. The van der Waals surface area contributed by atoms with Gasteiger partial charge in [0, 0.05) is 19.6 Å². The van der Waals surface area contributed by atoms with Crippen molar-refractivity contribution in [2.75, 3.05) is 39.5 Å². The predicted octanol–water partition coefficient (Wildman–Crippen LogP) is -1.93. The van der Waals surface area contributed by atoms with Gasteiger partial charge in [-0.1, -0.05) is 12.1 Å². The summed E-state index contributed by atoms with van der Waals surface area (Å²) in [5, 5.41) is 9.92. The Morgan fingerprint density at radius 2 is 2.11 bits per heavy atom. The van der Waals surface area contributed by atoms with Crippen LogP contribution in [0, 0.1) is 6.92 Å². The third-order valence-corrected chi connectivity index (χ3v) is 3.00. The molecule has 0 radical (unpaired) electrons. The normalized spacial score (nSPS) is 17.6. The van der Waals surface area contributed by atoms with Crippen molar-refractivity contribution in [1.29, 1.82) is 0 Å². The number of hydrogen-bond acceptors (Lipinski definition) is 4. The van der Waals surface area contributed by atoms with Crippen molar-refractivity contribution in [1.82, 2.24) is 4.90 Å². The summed E-state index contributed by atoms with van der Waals surface area (Å²) in [6.07, 6.45) is -0.455. The van der Waals surface area contributed by atoms with Gasteiger partial charge in [0.25, 0.3) is 0 Å². The molecule has 1 saturated heterocycles. The van der Waals surface area contributed by atoms with Gasteiger partial charge < -0.3 is 27.0 Å². The van der Waals surface area contributed by atoms with E-state index in [9.17, 15) is 5.11 Å². The Morgan fingerprint density at radius 1 is 1.37 bits per heavy atom. The minimum atomic E-state index is -0.455. The number of halogens is 1. The lowest BCUT2D eigenvalue weighted by molar-refractivity contribution is -0.0000330. The number of nitrogens with zero attached hydrogens (tertiary/aromatic N) is 1. The number of aryl methyl sites for hydroxylation is 1. The summed E-state index contributed by atoms with van der Waals surface area (Å²) < 4.78 is 10.9. The van der Waals surface area contributed by atoms with Crippen LogP contribution in [0.5, 0.6) is 5.75 Å². The van der Waals surface area contributed by atoms with Crippen molar-refractivity contribution in [3.05, 3.63) is 29.8 Å². The summed E-state index contributed by atoms with van der Waals surface area (Å²) in [6, 6.07) is 7.87. The van der Waals surface area contributed by atoms with Gasteiger partial charge in [-0.25, -0.2) is 0 Å². The Balaban J connectivity index is 0.00000180. The first kappa shape index (κ1) is 16.2. The summed E-state index contributed by atoms with van der Waals surface area (Å²) in [7, 11) is 0. The molecule has 19 heavy (non-hydrogen) atoms. The lowest BCUT2D eigenvalue weighted by Gasteiger charge is -2.28. The van der Waals surface area contributed by atoms with Gasteiger partial charge in [0.15, 0.2) is 0 Å². The molecule has 2 rings (SSSR count). The van der Waals surface area contributed by atoms with E-state index in [1.165, 1.54) is 0 Å². The van der Waals surface area contributed by atoms with Crippen LogP contribution in [0.3, 0.4) is 0 Å². The number of aliphatic hydroxyl groups is 1. The van der Waals surface area contributed by atoms with E-state index in [1.54, 1.807) is 0 Å². The van der Waals surface area contributed by atoms with Gasteiger partial charge in [-0.05, 0) is 24.6 Å². The molecule has 1 aromatic rings. The monoisotopic (exact) mass is 286 g/mol. The largest absolute Gasteiger partial charge is 1.00 e. The molecule has 0 aromatic heterocycles. The van der Waals surface area contributed by atoms with Crippen LogP contribution in [0.4, 0.5) is 0 Å². The average Bonchev–Trinajstić information content (AvgIpc) is 2.38. The molecule has 0 aliphatic carbocycles. The van der Waals surface area contributed by atoms with Crippen LogP contribution >= 0.6 is 0 Å². The fraction of sp³-hybridized carbons (Fsp3) is 0.571. The Bertz CT molecular complexity index is 369. The van der Waals surface area contributed by atoms with E-state index in [1.807, 2.05) is 31.2 Å². The number of rotatable bonds is 5. The molecule has 0 saturated carbocycles. The number of β-amino-alcohol motifs (C(OH)–C–C–N with tert-alkyl or cyclic N) is 1. The average molecular weight is 287 g/mol. The van der Waals surface area contributed by atoms with Crippen molar-refractivity contribution < 1.29 is 27.0 Å². The molecule has 4 nitrogen and oxygen atoms in total. The summed E-state index contributed by atoms with van der Waals surface area (Å²) in [6.45, 7) is 6.30. The standard InChI is InChI=1S/C14H21NO3.ClH/c1-12-3-2-4-14(9-12)18-11-13(16)10-15-5-7-17-8-6-15;/h2-4,9,13,16H,5-8,10-11H2,1H3;1H/p-1. The summed E-state index contributed by atoms with van der Waals surface area (Å²) in [4.78, 5) is 2.20. The zero-order chi connectivity index (χ0) is 12.8. The van der Waals surface area contributed by atoms with Gasteiger partial charge in [-0.3, -0.25) is 4.90 Å². The molecule has 1 aromatic carbocycles. The SMILES string of the molecule is Cc1cccc(OCC(O)CN2CCOCC2)c1.[Cl-]. The molecule has 1 atom stereocenters. The fourth-order valence-electron chi connectivity index (χ4n) is 2.03. The van der Waals surface area contributed by atoms with E-state index >= 15 is 0 Å². The first-order chi connectivity index (χ1) is 8.74. The van der Waals surface area contributed by atoms with E-state index in [2.05, 4.69) is 4.90 Å². The van der Waals surface area contributed by atoms with Crippen LogP contribution in [0.1, 0.15) is 5.56 Å². The molecule has 0 bridgehead atoms. The van der Waals surface area contributed by atoms with Crippen LogP contribution < -0.4 is 17.1 Å². The van der Waals surface area contributed by atoms with Gasteiger partial charge in [-0.15, -0.1) is 0 Å². The van der Waals surface area contributed by atoms with Gasteiger partial charge in [0.2, 0.25) is 0 Å². The molecule has 1 heterocycles. The Kier molecular flexibility index (Phi) is 7.16. The smallest absolute Gasteiger partial charge is 0.119 e. The molecule has 1 aliphatic rings. The van der Waals surface area contributed by atoms with Crippen LogP contribution in [0.15, 0.2) is 24.3 Å². The van der Waals surface area contributed by atoms with Gasteiger partial charge in [-0.2, -0.15) is 0 Å². The number of benzene rings is 1. The van der Waals surface area contributed by atoms with Gasteiger partial charge in [0.1, 0.15) is 18.5 Å². The fourth-order valence-corrected chi connectivity index (χ4v) is 2.03. The summed E-state index contributed by atoms with van der Waals surface area (Å²) in [5.41, 5.74) is 1.16. The zero-order valence-electron chi connectivity index (χ0n) is 11.2. The van der Waals surface area contributed by atoms with Gasteiger partial charge in [0.05, 0.1) is 13.2 Å². The highest BCUT2D eigenvalue weighted by atomic mass is 35.5. The lowest BCUT2D eigenvalue weighted by Crippen LogP contribution is -3.00. The first-order valence-corrected chi connectivity index (χ1v) is 6.41. The highest BCUT2D eigenvalue weighted by Crippen LogP contribution is 2.12. The molecule has 1 fully saturated rings. The Hall–Kier alpha value is -0.810. The van der Waals surface area contributed by atoms with Crippen LogP contribution in [-0.2, 0) is 4.74 Å². The number of morpholine rings is 1. The number of aliphatic hydroxyl groups excluding tert-OH is 1. The van der Waals surface area contributed by atoms with Crippen molar-refractivity contribution in [3.63, 3.8) is 0 Å². The van der Waals surface area contributed by atoms with Crippen LogP contribution in [0.2, 0.25) is 0 Å². The molecule has 5 heteroatoms. The second kappa shape index (κ2) is 8.38. The molecular weight excluding hydrogens is 266 g/mol. The maximum atomic E-state index is 9.92. The quantitative estimate of drug-likeness (QED) is 0.685. The number of hydrogen-bond donors (Lipinski definition) is 1. The van der Waals surface area contributed by atoms with Crippen molar-refractivity contribution in [2.24, 2.45) is 0 Å². The van der Waals surface area contributed by atoms with Gasteiger partial charge >= 0.3 is 0 Å². The van der Waals surface area contributed by atoms with E-state index in [-0.39, 0.29) is 12.4 Å². The second-order valence-electron chi connectivity index (χ2n) is 4.69. The first-order valence-electron chi connectivity index (χ1n) is 6.41. The highest BCUT2D eigenvalue weighted by molar-refractivity contribution is 5.27. The number of ether oxygens (including phenoxy) is 2. The second-order valence-corrected chi connectivity index (χ2v) is 4.69. The Labute approximate surface area is 120 Å². The minimum Gasteiger partial charge on any atom is -1.00 e. The molecule has 1 aliphatic heterocycles. The van der Waals surface area contributed by atoms with E-state index < -0.39 is 6.10 Å². The third kappa shape index (κ3) is 5.78. The molecule has 1 unspecified atom stereocenters. The molecule has 0 amide bonds. The molecule has 1 N–H and O–H groups in total. The van der Waals surface area contributed by atoms with E-state index in [4.69, 9.17) is 9.47 Å². The van der Waals surface area contributed by atoms with Crippen LogP contribution in [-0.4, -0.2) is 55.6 Å². The topological polar surface area (TPSA) is 41.9 Å². The lowest BCUT2D eigenvalue weighted by atomic mass is 10.2. The summed E-state index contributed by atoms with van der Waals surface area (Å²) in [5.74, 6) is 0.816. The summed E-state index contributed by atoms with van der Waals surface area (Å²) >= 11 is 0. The van der Waals surface area contributed by atoms with Crippen LogP contribution in [0.25, 0.3) is 0 Å². The van der Waals surface area contributed by atoms with E-state index in [0.717, 1.165) is 37.6 Å². The van der Waals surface area contributed by atoms with Crippen molar-refractivity contribution in [3.8, 4) is 5.75 Å². The van der Waals surface area contributed by atoms with Crippen molar-refractivity contribution in [2.45, 2.75) is 13.0 Å². The zero-order valence-corrected chi connectivity index (χ0v) is 12.0. The molecular formula is C14H21ClNO3-. The Morgan fingerprint density at radius 3 is 2.79 bits per heavy atom. The maximum Gasteiger partial charge on any atom is 0.119 e. The third-order valence-electron chi connectivity index (χ3n) is 3.00.